The van der Waals surface area contributed by atoms with E-state index in [0.29, 0.717) is 13.0 Å². The highest BCUT2D eigenvalue weighted by Crippen LogP contribution is 2.28. The van der Waals surface area contributed by atoms with Crippen molar-refractivity contribution in [3.8, 4) is 0 Å². The predicted molar refractivity (Wildman–Crippen MR) is 65.1 cm³/mol. The van der Waals surface area contributed by atoms with Crippen LogP contribution in [0, 0.1) is 11.8 Å². The molecule has 1 fully saturated rings. The van der Waals surface area contributed by atoms with Gasteiger partial charge in [0.15, 0.2) is 0 Å². The summed E-state index contributed by atoms with van der Waals surface area (Å²) in [4.78, 5) is 11.1. The molecule has 0 aromatic rings. The number of hydrogen-bond donors (Lipinski definition) is 2. The van der Waals surface area contributed by atoms with Crippen molar-refractivity contribution >= 4 is 5.91 Å². The number of hydrogen-bond acceptors (Lipinski definition) is 2. The minimum absolute atomic E-state index is 0.0853. The Morgan fingerprint density at radius 1 is 1.38 bits per heavy atom. The molecule has 94 valence electrons. The van der Waals surface area contributed by atoms with Gasteiger partial charge in [0.05, 0.1) is 0 Å². The van der Waals surface area contributed by atoms with Crippen molar-refractivity contribution in [3.05, 3.63) is 0 Å². The highest BCUT2D eigenvalue weighted by Gasteiger charge is 2.18. The van der Waals surface area contributed by atoms with Crippen LogP contribution < -0.4 is 5.32 Å². The predicted octanol–water partition coefficient (Wildman–Crippen LogP) is 2.09. The third kappa shape index (κ3) is 4.97. The molecule has 0 bridgehead atoms. The minimum atomic E-state index is 0.0853. The van der Waals surface area contributed by atoms with Crippen LogP contribution >= 0.6 is 0 Å². The van der Waals surface area contributed by atoms with Gasteiger partial charge in [0.25, 0.3) is 0 Å². The SMILES string of the molecule is CCC(=O)NC[C@@H](CO)CC1CCCCC1. The molecule has 0 heterocycles. The second-order valence-electron chi connectivity index (χ2n) is 4.95. The van der Waals surface area contributed by atoms with Crippen molar-refractivity contribution in [2.45, 2.75) is 51.9 Å². The van der Waals surface area contributed by atoms with Crippen molar-refractivity contribution in [2.24, 2.45) is 11.8 Å². The van der Waals surface area contributed by atoms with Crippen LogP contribution in [0.15, 0.2) is 0 Å². The molecule has 0 unspecified atom stereocenters. The fourth-order valence-electron chi connectivity index (χ4n) is 2.50. The van der Waals surface area contributed by atoms with Crippen LogP contribution in [-0.2, 0) is 4.79 Å². The third-order valence-corrected chi connectivity index (χ3v) is 3.56. The van der Waals surface area contributed by atoms with Crippen LogP contribution in [0.4, 0.5) is 0 Å². The van der Waals surface area contributed by atoms with Crippen LogP contribution in [-0.4, -0.2) is 24.2 Å². The molecule has 16 heavy (non-hydrogen) atoms. The van der Waals surface area contributed by atoms with E-state index in [1.807, 2.05) is 6.92 Å². The second kappa shape index (κ2) is 7.66. The topological polar surface area (TPSA) is 49.3 Å². The Labute approximate surface area is 98.6 Å². The lowest BCUT2D eigenvalue weighted by atomic mass is 9.83. The van der Waals surface area contributed by atoms with E-state index in [1.165, 1.54) is 32.1 Å². The van der Waals surface area contributed by atoms with Crippen molar-refractivity contribution in [1.82, 2.24) is 5.32 Å². The van der Waals surface area contributed by atoms with Gasteiger partial charge in [-0.2, -0.15) is 0 Å². The molecule has 0 spiro atoms. The van der Waals surface area contributed by atoms with E-state index in [9.17, 15) is 9.90 Å². The second-order valence-corrected chi connectivity index (χ2v) is 4.95. The van der Waals surface area contributed by atoms with E-state index < -0.39 is 0 Å². The van der Waals surface area contributed by atoms with E-state index in [1.54, 1.807) is 0 Å². The summed E-state index contributed by atoms with van der Waals surface area (Å²) >= 11 is 0. The number of carbonyl (C=O) groups excluding carboxylic acids is 1. The molecule has 1 aliphatic carbocycles. The molecular formula is C13H25NO2. The first-order chi connectivity index (χ1) is 7.76. The standard InChI is InChI=1S/C13H25NO2/c1-2-13(16)14-9-12(10-15)8-11-6-4-3-5-7-11/h11-12,15H,2-10H2,1H3,(H,14,16)/t12-/m0/s1. The number of rotatable bonds is 6. The first-order valence-electron chi connectivity index (χ1n) is 6.63. The summed E-state index contributed by atoms with van der Waals surface area (Å²) in [7, 11) is 0. The number of nitrogens with one attached hydrogen (secondary N) is 1. The van der Waals surface area contributed by atoms with Gasteiger partial charge in [-0.1, -0.05) is 39.0 Å². The van der Waals surface area contributed by atoms with E-state index in [2.05, 4.69) is 5.32 Å². The summed E-state index contributed by atoms with van der Waals surface area (Å²) in [6.45, 7) is 2.69. The van der Waals surface area contributed by atoms with Gasteiger partial charge >= 0.3 is 0 Å². The van der Waals surface area contributed by atoms with Gasteiger partial charge in [-0.25, -0.2) is 0 Å². The van der Waals surface area contributed by atoms with E-state index >= 15 is 0 Å². The Kier molecular flexibility index (Phi) is 6.46. The largest absolute Gasteiger partial charge is 0.396 e. The Balaban J connectivity index is 2.22. The molecule has 0 aromatic carbocycles. The molecule has 0 aliphatic heterocycles. The molecule has 3 nitrogen and oxygen atoms in total. The van der Waals surface area contributed by atoms with E-state index in [-0.39, 0.29) is 18.4 Å². The monoisotopic (exact) mass is 227 g/mol. The maximum atomic E-state index is 11.1. The normalized spacial score (nSPS) is 19.4. The first kappa shape index (κ1) is 13.5. The quantitative estimate of drug-likeness (QED) is 0.730. The van der Waals surface area contributed by atoms with Gasteiger partial charge in [-0.3, -0.25) is 4.79 Å². The first-order valence-corrected chi connectivity index (χ1v) is 6.63. The van der Waals surface area contributed by atoms with Crippen molar-refractivity contribution in [3.63, 3.8) is 0 Å². The Morgan fingerprint density at radius 2 is 2.06 bits per heavy atom. The van der Waals surface area contributed by atoms with Crippen LogP contribution in [0.2, 0.25) is 0 Å². The van der Waals surface area contributed by atoms with Crippen molar-refractivity contribution in [1.29, 1.82) is 0 Å². The number of carbonyl (C=O) groups is 1. The van der Waals surface area contributed by atoms with Gasteiger partial charge in [0.2, 0.25) is 5.91 Å². The maximum absolute atomic E-state index is 11.1. The van der Waals surface area contributed by atoms with Crippen LogP contribution in [0.3, 0.4) is 0 Å². The number of amides is 1. The average molecular weight is 227 g/mol. The van der Waals surface area contributed by atoms with Crippen LogP contribution in [0.5, 0.6) is 0 Å². The lowest BCUT2D eigenvalue weighted by Gasteiger charge is -2.25. The molecule has 1 saturated carbocycles. The van der Waals surface area contributed by atoms with Gasteiger partial charge in [0.1, 0.15) is 0 Å². The van der Waals surface area contributed by atoms with Crippen LogP contribution in [0.25, 0.3) is 0 Å². The molecule has 0 radical (unpaired) electrons. The number of aliphatic hydroxyl groups is 1. The van der Waals surface area contributed by atoms with E-state index in [4.69, 9.17) is 0 Å². The average Bonchev–Trinajstić information content (AvgIpc) is 2.35. The summed E-state index contributed by atoms with van der Waals surface area (Å²) in [5, 5.41) is 12.2. The highest BCUT2D eigenvalue weighted by molar-refractivity contribution is 5.75. The molecule has 1 amide bonds. The molecule has 3 heteroatoms. The summed E-state index contributed by atoms with van der Waals surface area (Å²) in [6.07, 6.45) is 8.25. The Hall–Kier alpha value is -0.570. The zero-order chi connectivity index (χ0) is 11.8. The molecule has 0 aromatic heterocycles. The zero-order valence-corrected chi connectivity index (χ0v) is 10.4. The molecule has 1 rings (SSSR count). The Morgan fingerprint density at radius 3 is 2.62 bits per heavy atom. The lowest BCUT2D eigenvalue weighted by molar-refractivity contribution is -0.121. The van der Waals surface area contributed by atoms with Crippen molar-refractivity contribution < 1.29 is 9.90 Å². The minimum Gasteiger partial charge on any atom is -0.396 e. The fourth-order valence-corrected chi connectivity index (χ4v) is 2.50. The lowest BCUT2D eigenvalue weighted by Crippen LogP contribution is -2.31. The molecule has 1 atom stereocenters. The van der Waals surface area contributed by atoms with Gasteiger partial charge < -0.3 is 10.4 Å². The number of aliphatic hydroxyl groups excluding tert-OH is 1. The fraction of sp³-hybridized carbons (Fsp3) is 0.923. The summed E-state index contributed by atoms with van der Waals surface area (Å²) in [6, 6.07) is 0. The summed E-state index contributed by atoms with van der Waals surface area (Å²) < 4.78 is 0. The summed E-state index contributed by atoms with van der Waals surface area (Å²) in [5.41, 5.74) is 0. The van der Waals surface area contributed by atoms with Gasteiger partial charge in [-0.15, -0.1) is 0 Å². The molecule has 2 N–H and O–H groups in total. The molecular weight excluding hydrogens is 202 g/mol. The molecule has 1 aliphatic rings. The van der Waals surface area contributed by atoms with Gasteiger partial charge in [-0.05, 0) is 18.3 Å². The third-order valence-electron chi connectivity index (χ3n) is 3.56. The van der Waals surface area contributed by atoms with Gasteiger partial charge in [0, 0.05) is 19.6 Å². The van der Waals surface area contributed by atoms with Crippen molar-refractivity contribution in [2.75, 3.05) is 13.2 Å². The highest BCUT2D eigenvalue weighted by atomic mass is 16.3. The zero-order valence-electron chi connectivity index (χ0n) is 10.4. The Bertz CT molecular complexity index is 200. The van der Waals surface area contributed by atoms with E-state index in [0.717, 1.165) is 12.3 Å². The summed E-state index contributed by atoms with van der Waals surface area (Å²) in [5.74, 6) is 1.10. The van der Waals surface area contributed by atoms with Crippen LogP contribution in [0.1, 0.15) is 51.9 Å². The maximum Gasteiger partial charge on any atom is 0.219 e. The smallest absolute Gasteiger partial charge is 0.219 e. The molecule has 0 saturated heterocycles.